The number of nitrogens with zero attached hydrogens (tertiary/aromatic N) is 1. The van der Waals surface area contributed by atoms with Gasteiger partial charge in [-0.3, -0.25) is 0 Å². The van der Waals surface area contributed by atoms with Crippen LogP contribution >= 0.6 is 0 Å². The molecule has 4 nitrogen and oxygen atoms in total. The summed E-state index contributed by atoms with van der Waals surface area (Å²) in [7, 11) is 0. The maximum Gasteiger partial charge on any atom is 0.161 e. The third-order valence-corrected chi connectivity index (χ3v) is 3.33. The minimum absolute atomic E-state index is 0.175. The standard InChI is InChI=1S/C14H18N2O2/c1-3-10(8-15)14(16)11-7-13-12(6-9(11)2)17-4-5-18-13/h6-7,10,14H,3-5,16H2,1-2H3. The van der Waals surface area contributed by atoms with E-state index in [1.54, 1.807) is 0 Å². The SMILES string of the molecule is CCC(C#N)C(N)c1cc2c(cc1C)OCCO2. The number of benzene rings is 1. The number of nitrogens with two attached hydrogens (primary N) is 1. The van der Waals surface area contributed by atoms with Crippen molar-refractivity contribution in [3.63, 3.8) is 0 Å². The van der Waals surface area contributed by atoms with Gasteiger partial charge in [0.2, 0.25) is 0 Å². The Balaban J connectivity index is 2.36. The van der Waals surface area contributed by atoms with Gasteiger partial charge in [-0.2, -0.15) is 5.26 Å². The zero-order chi connectivity index (χ0) is 13.1. The fourth-order valence-electron chi connectivity index (χ4n) is 2.21. The lowest BCUT2D eigenvalue weighted by atomic mass is 9.90. The Morgan fingerprint density at radius 3 is 2.50 bits per heavy atom. The van der Waals surface area contributed by atoms with Crippen molar-refractivity contribution in [1.29, 1.82) is 5.26 Å². The molecular formula is C14H18N2O2. The van der Waals surface area contributed by atoms with Crippen molar-refractivity contribution in [3.8, 4) is 17.6 Å². The molecule has 96 valence electrons. The molecule has 0 spiro atoms. The van der Waals surface area contributed by atoms with Gasteiger partial charge in [0.05, 0.1) is 12.0 Å². The van der Waals surface area contributed by atoms with Gasteiger partial charge in [0.1, 0.15) is 13.2 Å². The monoisotopic (exact) mass is 246 g/mol. The molecule has 0 radical (unpaired) electrons. The summed E-state index contributed by atoms with van der Waals surface area (Å²) in [5, 5.41) is 9.10. The van der Waals surface area contributed by atoms with Crippen LogP contribution in [0.25, 0.3) is 0 Å². The molecular weight excluding hydrogens is 228 g/mol. The summed E-state index contributed by atoms with van der Waals surface area (Å²) >= 11 is 0. The van der Waals surface area contributed by atoms with Crippen molar-refractivity contribution >= 4 is 0 Å². The highest BCUT2D eigenvalue weighted by Gasteiger charge is 2.22. The predicted molar refractivity (Wildman–Crippen MR) is 68.5 cm³/mol. The molecule has 0 saturated carbocycles. The highest BCUT2D eigenvalue weighted by molar-refractivity contribution is 5.49. The Kier molecular flexibility index (Phi) is 3.73. The van der Waals surface area contributed by atoms with E-state index in [2.05, 4.69) is 6.07 Å². The van der Waals surface area contributed by atoms with Crippen LogP contribution in [0.5, 0.6) is 11.5 Å². The molecule has 0 fully saturated rings. The maximum atomic E-state index is 9.10. The third-order valence-electron chi connectivity index (χ3n) is 3.33. The summed E-state index contributed by atoms with van der Waals surface area (Å²) in [6.45, 7) is 5.09. The van der Waals surface area contributed by atoms with E-state index in [4.69, 9.17) is 20.5 Å². The van der Waals surface area contributed by atoms with E-state index in [0.717, 1.165) is 29.0 Å². The van der Waals surface area contributed by atoms with Crippen molar-refractivity contribution < 1.29 is 9.47 Å². The molecule has 0 aromatic heterocycles. The van der Waals surface area contributed by atoms with Crippen LogP contribution in [0.15, 0.2) is 12.1 Å². The molecule has 0 aliphatic carbocycles. The largest absolute Gasteiger partial charge is 0.486 e. The smallest absolute Gasteiger partial charge is 0.161 e. The molecule has 2 unspecified atom stereocenters. The Morgan fingerprint density at radius 2 is 1.94 bits per heavy atom. The fourth-order valence-corrected chi connectivity index (χ4v) is 2.21. The van der Waals surface area contributed by atoms with Gasteiger partial charge in [-0.1, -0.05) is 6.92 Å². The molecule has 18 heavy (non-hydrogen) atoms. The summed E-state index contributed by atoms with van der Waals surface area (Å²) in [6, 6.07) is 5.83. The first-order chi connectivity index (χ1) is 8.67. The van der Waals surface area contributed by atoms with Crippen molar-refractivity contribution in [3.05, 3.63) is 23.3 Å². The number of hydrogen-bond acceptors (Lipinski definition) is 4. The lowest BCUT2D eigenvalue weighted by molar-refractivity contribution is 0.171. The molecule has 1 aromatic carbocycles. The van der Waals surface area contributed by atoms with Gasteiger partial charge in [-0.05, 0) is 36.6 Å². The van der Waals surface area contributed by atoms with Crippen LogP contribution in [0.4, 0.5) is 0 Å². The van der Waals surface area contributed by atoms with Crippen LogP contribution in [-0.4, -0.2) is 13.2 Å². The molecule has 2 N–H and O–H groups in total. The number of rotatable bonds is 3. The third kappa shape index (κ3) is 2.27. The fraction of sp³-hybridized carbons (Fsp3) is 0.500. The molecule has 1 aromatic rings. The minimum Gasteiger partial charge on any atom is -0.486 e. The van der Waals surface area contributed by atoms with E-state index in [1.165, 1.54) is 0 Å². The van der Waals surface area contributed by atoms with E-state index >= 15 is 0 Å². The first-order valence-corrected chi connectivity index (χ1v) is 6.22. The number of ether oxygens (including phenoxy) is 2. The lowest BCUT2D eigenvalue weighted by Crippen LogP contribution is -2.22. The molecule has 1 aliphatic rings. The molecule has 0 saturated heterocycles. The maximum absolute atomic E-state index is 9.10. The summed E-state index contributed by atoms with van der Waals surface area (Å²) in [5.41, 5.74) is 8.18. The second kappa shape index (κ2) is 5.28. The molecule has 1 aliphatic heterocycles. The van der Waals surface area contributed by atoms with Gasteiger partial charge in [0.25, 0.3) is 0 Å². The van der Waals surface area contributed by atoms with Gasteiger partial charge < -0.3 is 15.2 Å². The number of fused-ring (bicyclic) bond motifs is 1. The van der Waals surface area contributed by atoms with Gasteiger partial charge in [0, 0.05) is 6.04 Å². The number of hydrogen-bond donors (Lipinski definition) is 1. The average molecular weight is 246 g/mol. The normalized spacial score (nSPS) is 16.8. The van der Waals surface area contributed by atoms with Crippen LogP contribution in [-0.2, 0) is 0 Å². The van der Waals surface area contributed by atoms with E-state index in [9.17, 15) is 0 Å². The Bertz CT molecular complexity index is 479. The van der Waals surface area contributed by atoms with Gasteiger partial charge in [-0.25, -0.2) is 0 Å². The first-order valence-electron chi connectivity index (χ1n) is 6.22. The van der Waals surface area contributed by atoms with E-state index < -0.39 is 0 Å². The summed E-state index contributed by atoms with van der Waals surface area (Å²) < 4.78 is 11.1. The molecule has 0 bridgehead atoms. The summed E-state index contributed by atoms with van der Waals surface area (Å²) in [4.78, 5) is 0. The Morgan fingerprint density at radius 1 is 1.33 bits per heavy atom. The van der Waals surface area contributed by atoms with E-state index in [1.807, 2.05) is 26.0 Å². The molecule has 2 rings (SSSR count). The van der Waals surface area contributed by atoms with Crippen LogP contribution < -0.4 is 15.2 Å². The van der Waals surface area contributed by atoms with Crippen molar-refractivity contribution in [2.75, 3.05) is 13.2 Å². The molecule has 0 amide bonds. The second-order valence-corrected chi connectivity index (χ2v) is 4.52. The zero-order valence-corrected chi connectivity index (χ0v) is 10.8. The van der Waals surface area contributed by atoms with Gasteiger partial charge in [0.15, 0.2) is 11.5 Å². The zero-order valence-electron chi connectivity index (χ0n) is 10.8. The lowest BCUT2D eigenvalue weighted by Gasteiger charge is -2.24. The van der Waals surface area contributed by atoms with Gasteiger partial charge in [-0.15, -0.1) is 0 Å². The summed E-state index contributed by atoms with van der Waals surface area (Å²) in [5.74, 6) is 1.32. The quantitative estimate of drug-likeness (QED) is 0.888. The topological polar surface area (TPSA) is 68.3 Å². The van der Waals surface area contributed by atoms with Crippen LogP contribution in [0.3, 0.4) is 0 Å². The molecule has 4 heteroatoms. The Hall–Kier alpha value is -1.73. The molecule has 2 atom stereocenters. The number of aryl methyl sites for hydroxylation is 1. The van der Waals surface area contributed by atoms with E-state index in [0.29, 0.717) is 13.2 Å². The minimum atomic E-state index is -0.282. The highest BCUT2D eigenvalue weighted by Crippen LogP contribution is 2.36. The second-order valence-electron chi connectivity index (χ2n) is 4.52. The summed E-state index contributed by atoms with van der Waals surface area (Å²) in [6.07, 6.45) is 0.742. The highest BCUT2D eigenvalue weighted by atomic mass is 16.6. The van der Waals surface area contributed by atoms with Crippen LogP contribution in [0.1, 0.15) is 30.5 Å². The first kappa shape index (κ1) is 12.7. The van der Waals surface area contributed by atoms with E-state index in [-0.39, 0.29) is 12.0 Å². The number of nitriles is 1. The Labute approximate surface area is 107 Å². The van der Waals surface area contributed by atoms with Crippen molar-refractivity contribution in [2.45, 2.75) is 26.3 Å². The average Bonchev–Trinajstić information content (AvgIpc) is 2.39. The van der Waals surface area contributed by atoms with Crippen LogP contribution in [0, 0.1) is 24.2 Å². The van der Waals surface area contributed by atoms with Crippen molar-refractivity contribution in [1.82, 2.24) is 0 Å². The van der Waals surface area contributed by atoms with Crippen molar-refractivity contribution in [2.24, 2.45) is 11.7 Å². The predicted octanol–water partition coefficient (Wildman–Crippen LogP) is 2.32. The van der Waals surface area contributed by atoms with Crippen LogP contribution in [0.2, 0.25) is 0 Å². The molecule has 1 heterocycles. The van der Waals surface area contributed by atoms with Gasteiger partial charge >= 0.3 is 0 Å².